The smallest absolute Gasteiger partial charge is 0.322 e. The van der Waals surface area contributed by atoms with Crippen LogP contribution in [0.2, 0.25) is 5.02 Å². The van der Waals surface area contributed by atoms with E-state index in [1.807, 2.05) is 11.4 Å². The Morgan fingerprint density at radius 1 is 1.12 bits per heavy atom. The molecule has 2 aliphatic rings. The fourth-order valence-electron chi connectivity index (χ4n) is 4.94. The summed E-state index contributed by atoms with van der Waals surface area (Å²) in [6.07, 6.45) is 0.744. The highest BCUT2D eigenvalue weighted by Gasteiger charge is 2.33. The molecule has 1 unspecified atom stereocenters. The molecule has 1 fully saturated rings. The van der Waals surface area contributed by atoms with Crippen molar-refractivity contribution in [1.29, 1.82) is 0 Å². The molecular weight excluding hydrogens is 555 g/mol. The Morgan fingerprint density at radius 2 is 1.93 bits per heavy atom. The zero-order valence-electron chi connectivity index (χ0n) is 22.1. The SMILES string of the molecule is O=C(Nc1cccc(Cl)c1)N(CCN1CCOCC1)CC(=O)N1CCc2sccc2C1COc1ccc(F)cc1. The van der Waals surface area contributed by atoms with Crippen molar-refractivity contribution in [3.8, 4) is 5.75 Å². The number of morpholine rings is 1. The van der Waals surface area contributed by atoms with Crippen molar-refractivity contribution in [2.24, 2.45) is 0 Å². The highest BCUT2D eigenvalue weighted by molar-refractivity contribution is 7.10. The number of thiophene rings is 1. The van der Waals surface area contributed by atoms with Gasteiger partial charge in [-0.25, -0.2) is 9.18 Å². The van der Waals surface area contributed by atoms with Crippen LogP contribution in [0.4, 0.5) is 14.9 Å². The van der Waals surface area contributed by atoms with Crippen LogP contribution in [0, 0.1) is 5.82 Å². The van der Waals surface area contributed by atoms with Gasteiger partial charge in [-0.1, -0.05) is 17.7 Å². The number of fused-ring (bicyclic) bond motifs is 1. The summed E-state index contributed by atoms with van der Waals surface area (Å²) in [5.74, 6) is 0.0344. The van der Waals surface area contributed by atoms with E-state index in [4.69, 9.17) is 21.1 Å². The number of nitrogens with zero attached hydrogens (tertiary/aromatic N) is 3. The van der Waals surface area contributed by atoms with E-state index in [9.17, 15) is 14.0 Å². The van der Waals surface area contributed by atoms with Gasteiger partial charge in [0.25, 0.3) is 0 Å². The van der Waals surface area contributed by atoms with E-state index in [0.717, 1.165) is 25.1 Å². The quantitative estimate of drug-likeness (QED) is 0.386. The molecule has 1 aromatic heterocycles. The Kier molecular flexibility index (Phi) is 9.53. The molecular formula is C29H32ClFN4O4S. The molecule has 0 saturated carbocycles. The molecule has 0 spiro atoms. The van der Waals surface area contributed by atoms with Crippen molar-refractivity contribution in [3.05, 3.63) is 81.3 Å². The number of hydrogen-bond donors (Lipinski definition) is 1. The molecule has 1 saturated heterocycles. The second-order valence-electron chi connectivity index (χ2n) is 9.73. The van der Waals surface area contributed by atoms with Gasteiger partial charge in [0, 0.05) is 48.3 Å². The fraction of sp³-hybridized carbons (Fsp3) is 0.379. The Morgan fingerprint density at radius 3 is 2.70 bits per heavy atom. The van der Waals surface area contributed by atoms with Gasteiger partial charge in [-0.05, 0) is 65.9 Å². The molecule has 11 heteroatoms. The summed E-state index contributed by atoms with van der Waals surface area (Å²) < 4.78 is 24.8. The van der Waals surface area contributed by atoms with E-state index in [-0.39, 0.29) is 36.9 Å². The monoisotopic (exact) mass is 586 g/mol. The number of ether oxygens (including phenoxy) is 2. The van der Waals surface area contributed by atoms with Gasteiger partial charge < -0.3 is 24.6 Å². The normalized spacial score (nSPS) is 17.2. The molecule has 3 amide bonds. The maximum Gasteiger partial charge on any atom is 0.322 e. The molecule has 212 valence electrons. The number of halogens is 2. The number of nitrogens with one attached hydrogen (secondary N) is 1. The second kappa shape index (κ2) is 13.5. The second-order valence-corrected chi connectivity index (χ2v) is 11.2. The summed E-state index contributed by atoms with van der Waals surface area (Å²) in [5, 5.41) is 5.42. The van der Waals surface area contributed by atoms with Crippen LogP contribution in [0.25, 0.3) is 0 Å². The molecule has 8 nitrogen and oxygen atoms in total. The van der Waals surface area contributed by atoms with Gasteiger partial charge >= 0.3 is 6.03 Å². The predicted octanol–water partition coefficient (Wildman–Crippen LogP) is 4.91. The number of benzene rings is 2. The van der Waals surface area contributed by atoms with Crippen LogP contribution in [0.15, 0.2) is 60.0 Å². The molecule has 0 radical (unpaired) electrons. The molecule has 0 bridgehead atoms. The van der Waals surface area contributed by atoms with Crippen LogP contribution >= 0.6 is 22.9 Å². The maximum absolute atomic E-state index is 13.8. The van der Waals surface area contributed by atoms with Crippen molar-refractivity contribution < 1.29 is 23.5 Å². The summed E-state index contributed by atoms with van der Waals surface area (Å²) in [4.78, 5) is 34.0. The first-order valence-corrected chi connectivity index (χ1v) is 14.6. The van der Waals surface area contributed by atoms with Crippen LogP contribution in [-0.4, -0.2) is 85.7 Å². The minimum atomic E-state index is -0.365. The van der Waals surface area contributed by atoms with E-state index in [1.165, 1.54) is 17.0 Å². The number of carbonyl (C=O) groups is 2. The number of urea groups is 1. The molecule has 0 aliphatic carbocycles. The number of amides is 3. The zero-order valence-corrected chi connectivity index (χ0v) is 23.6. The molecule has 3 aromatic rings. The average Bonchev–Trinajstić information content (AvgIpc) is 3.44. The van der Waals surface area contributed by atoms with Crippen LogP contribution in [0.5, 0.6) is 5.75 Å². The van der Waals surface area contributed by atoms with Crippen LogP contribution < -0.4 is 10.1 Å². The van der Waals surface area contributed by atoms with E-state index in [2.05, 4.69) is 10.2 Å². The maximum atomic E-state index is 13.8. The molecule has 3 heterocycles. The van der Waals surface area contributed by atoms with Crippen LogP contribution in [0.3, 0.4) is 0 Å². The minimum Gasteiger partial charge on any atom is -0.491 e. The first-order valence-electron chi connectivity index (χ1n) is 13.3. The first kappa shape index (κ1) is 28.4. The third kappa shape index (κ3) is 7.31. The van der Waals surface area contributed by atoms with Gasteiger partial charge in [-0.15, -0.1) is 11.3 Å². The zero-order chi connectivity index (χ0) is 27.9. The van der Waals surface area contributed by atoms with Gasteiger partial charge in [0.05, 0.1) is 19.3 Å². The van der Waals surface area contributed by atoms with Crippen LogP contribution in [-0.2, 0) is 16.0 Å². The molecule has 2 aliphatic heterocycles. The Hall–Kier alpha value is -3.18. The molecule has 1 atom stereocenters. The number of anilines is 1. The largest absolute Gasteiger partial charge is 0.491 e. The molecule has 5 rings (SSSR count). The van der Waals surface area contributed by atoms with E-state index in [1.54, 1.807) is 57.5 Å². The number of carbonyl (C=O) groups excluding carboxylic acids is 2. The predicted molar refractivity (Wildman–Crippen MR) is 154 cm³/mol. The lowest BCUT2D eigenvalue weighted by Gasteiger charge is -2.37. The third-order valence-corrected chi connectivity index (χ3v) is 8.35. The van der Waals surface area contributed by atoms with E-state index < -0.39 is 0 Å². The summed E-state index contributed by atoms with van der Waals surface area (Å²) in [6.45, 7) is 4.56. The lowest BCUT2D eigenvalue weighted by atomic mass is 10.0. The first-order chi connectivity index (χ1) is 19.5. The van der Waals surface area contributed by atoms with Crippen molar-refractivity contribution >= 4 is 40.6 Å². The van der Waals surface area contributed by atoms with Gasteiger partial charge in [0.2, 0.25) is 5.91 Å². The Bertz CT molecular complexity index is 1300. The van der Waals surface area contributed by atoms with Gasteiger partial charge in [0.1, 0.15) is 24.7 Å². The van der Waals surface area contributed by atoms with E-state index in [0.29, 0.717) is 49.3 Å². The van der Waals surface area contributed by atoms with Crippen LogP contribution in [0.1, 0.15) is 16.5 Å². The summed E-state index contributed by atoms with van der Waals surface area (Å²) in [7, 11) is 0. The number of hydrogen-bond acceptors (Lipinski definition) is 6. The standard InChI is InChI=1S/C29H32ClFN4O4S/c30-21-2-1-3-23(18-21)32-29(37)34(12-11-33-13-15-38-16-14-33)19-28(36)35-10-8-27-25(9-17-40-27)26(35)20-39-24-6-4-22(31)5-7-24/h1-7,9,17-18,26H,8,10-16,19-20H2,(H,32,37). The topological polar surface area (TPSA) is 74.4 Å². The Labute approximate surface area is 242 Å². The fourth-order valence-corrected chi connectivity index (χ4v) is 6.06. The minimum absolute atomic E-state index is 0.0801. The summed E-state index contributed by atoms with van der Waals surface area (Å²) >= 11 is 7.78. The van der Waals surface area contributed by atoms with Crippen molar-refractivity contribution in [2.45, 2.75) is 12.5 Å². The molecule has 40 heavy (non-hydrogen) atoms. The molecule has 2 aromatic carbocycles. The number of rotatable bonds is 9. The lowest BCUT2D eigenvalue weighted by molar-refractivity contribution is -0.135. The summed E-state index contributed by atoms with van der Waals surface area (Å²) in [5.41, 5.74) is 1.61. The van der Waals surface area contributed by atoms with Gasteiger partial charge in [0.15, 0.2) is 0 Å². The van der Waals surface area contributed by atoms with Crippen molar-refractivity contribution in [3.63, 3.8) is 0 Å². The van der Waals surface area contributed by atoms with Crippen molar-refractivity contribution in [1.82, 2.24) is 14.7 Å². The van der Waals surface area contributed by atoms with Crippen molar-refractivity contribution in [2.75, 3.05) is 64.4 Å². The third-order valence-electron chi connectivity index (χ3n) is 7.12. The average molecular weight is 587 g/mol. The highest BCUT2D eigenvalue weighted by Crippen LogP contribution is 2.34. The Balaban J connectivity index is 1.30. The highest BCUT2D eigenvalue weighted by atomic mass is 35.5. The molecule has 1 N–H and O–H groups in total. The summed E-state index contributed by atoms with van der Waals surface area (Å²) in [6, 6.07) is 14.1. The lowest BCUT2D eigenvalue weighted by Crippen LogP contribution is -2.50. The van der Waals surface area contributed by atoms with Gasteiger partial charge in [-0.3, -0.25) is 9.69 Å². The van der Waals surface area contributed by atoms with E-state index >= 15 is 0 Å². The van der Waals surface area contributed by atoms with Gasteiger partial charge in [-0.2, -0.15) is 0 Å².